The van der Waals surface area contributed by atoms with E-state index in [0.29, 0.717) is 0 Å². The zero-order valence-electron chi connectivity index (χ0n) is 19.9. The van der Waals surface area contributed by atoms with E-state index in [1.165, 1.54) is 25.3 Å². The van der Waals surface area contributed by atoms with Crippen LogP contribution in [0.5, 0.6) is 0 Å². The number of benzene rings is 2. The van der Waals surface area contributed by atoms with Crippen LogP contribution in [-0.4, -0.2) is 33.9 Å². The zero-order valence-corrected chi connectivity index (χ0v) is 19.9. The second-order valence-corrected chi connectivity index (χ2v) is 8.89. The topological polar surface area (TPSA) is 85.9 Å². The molecule has 2 aromatic carbocycles. The summed E-state index contributed by atoms with van der Waals surface area (Å²) in [5.41, 5.74) is 6.95. The van der Waals surface area contributed by atoms with Gasteiger partial charge >= 0.3 is 0 Å². The summed E-state index contributed by atoms with van der Waals surface area (Å²) >= 11 is 0. The first kappa shape index (κ1) is 21.9. The third-order valence-corrected chi connectivity index (χ3v) is 6.28. The number of aromatic amines is 1. The van der Waals surface area contributed by atoms with E-state index in [2.05, 4.69) is 56.7 Å². The summed E-state index contributed by atoms with van der Waals surface area (Å²) in [5.74, 6) is 1.44. The molecule has 0 atom stereocenters. The number of fused-ring (bicyclic) bond motifs is 1. The van der Waals surface area contributed by atoms with Gasteiger partial charge in [-0.15, -0.1) is 0 Å². The van der Waals surface area contributed by atoms with Gasteiger partial charge in [-0.1, -0.05) is 13.0 Å². The maximum atomic E-state index is 11.9. The Morgan fingerprint density at radius 1 is 1.06 bits per heavy atom. The molecule has 1 saturated heterocycles. The molecule has 0 radical (unpaired) electrons. The average Bonchev–Trinajstić information content (AvgIpc) is 3.49. The van der Waals surface area contributed by atoms with Crippen molar-refractivity contribution >= 4 is 40.0 Å². The summed E-state index contributed by atoms with van der Waals surface area (Å²) in [6, 6.07) is 14.4. The number of hydrogen-bond donors (Lipinski definition) is 3. The van der Waals surface area contributed by atoms with Gasteiger partial charge in [0, 0.05) is 71.4 Å². The van der Waals surface area contributed by atoms with E-state index in [1.54, 1.807) is 0 Å². The third-order valence-electron chi connectivity index (χ3n) is 6.28. The van der Waals surface area contributed by atoms with Crippen LogP contribution in [0.25, 0.3) is 22.0 Å². The SMILES string of the molecule is CCc1ccc2[nH]cc(-c3cc(Nc4cc(C)nc(N5CCCC5)n4)ccc3NC(C)=O)c2c1. The van der Waals surface area contributed by atoms with E-state index in [0.717, 1.165) is 70.4 Å². The lowest BCUT2D eigenvalue weighted by molar-refractivity contribution is -0.114. The van der Waals surface area contributed by atoms with Gasteiger partial charge in [-0.05, 0) is 62.1 Å². The fourth-order valence-corrected chi connectivity index (χ4v) is 4.58. The van der Waals surface area contributed by atoms with Gasteiger partial charge < -0.3 is 20.5 Å². The zero-order chi connectivity index (χ0) is 23.7. The van der Waals surface area contributed by atoms with E-state index >= 15 is 0 Å². The summed E-state index contributed by atoms with van der Waals surface area (Å²) in [6.45, 7) is 7.68. The molecule has 0 aliphatic carbocycles. The van der Waals surface area contributed by atoms with Crippen LogP contribution < -0.4 is 15.5 Å². The van der Waals surface area contributed by atoms with Gasteiger partial charge in [0.25, 0.3) is 0 Å². The van der Waals surface area contributed by atoms with E-state index in [-0.39, 0.29) is 5.91 Å². The molecule has 7 nitrogen and oxygen atoms in total. The molecule has 2 aromatic heterocycles. The summed E-state index contributed by atoms with van der Waals surface area (Å²) < 4.78 is 0. The minimum Gasteiger partial charge on any atom is -0.361 e. The largest absolute Gasteiger partial charge is 0.361 e. The molecule has 0 spiro atoms. The Labute approximate surface area is 199 Å². The van der Waals surface area contributed by atoms with Gasteiger partial charge in [0.1, 0.15) is 5.82 Å². The number of aryl methyl sites for hydroxylation is 2. The van der Waals surface area contributed by atoms with E-state index < -0.39 is 0 Å². The molecule has 0 bridgehead atoms. The minimum atomic E-state index is -0.0993. The number of hydrogen-bond acceptors (Lipinski definition) is 5. The number of carbonyl (C=O) groups is 1. The van der Waals surface area contributed by atoms with E-state index in [1.807, 2.05) is 31.3 Å². The highest BCUT2D eigenvalue weighted by Crippen LogP contribution is 2.37. The van der Waals surface area contributed by atoms with Crippen LogP contribution in [0.1, 0.15) is 37.9 Å². The summed E-state index contributed by atoms with van der Waals surface area (Å²) in [6.07, 6.45) is 5.33. The highest BCUT2D eigenvalue weighted by atomic mass is 16.1. The van der Waals surface area contributed by atoms with Crippen LogP contribution in [0.4, 0.5) is 23.1 Å². The monoisotopic (exact) mass is 454 g/mol. The second-order valence-electron chi connectivity index (χ2n) is 8.89. The quantitative estimate of drug-likeness (QED) is 0.343. The molecular weight excluding hydrogens is 424 g/mol. The molecule has 1 aliphatic rings. The van der Waals surface area contributed by atoms with Gasteiger partial charge in [0.15, 0.2) is 0 Å². The third kappa shape index (κ3) is 4.46. The smallest absolute Gasteiger partial charge is 0.227 e. The second kappa shape index (κ2) is 9.17. The average molecular weight is 455 g/mol. The summed E-state index contributed by atoms with van der Waals surface area (Å²) in [4.78, 5) is 26.9. The van der Waals surface area contributed by atoms with Crippen LogP contribution in [0.3, 0.4) is 0 Å². The van der Waals surface area contributed by atoms with E-state index in [4.69, 9.17) is 4.98 Å². The molecule has 1 aliphatic heterocycles. The molecule has 1 amide bonds. The lowest BCUT2D eigenvalue weighted by atomic mass is 10.00. The Kier molecular flexibility index (Phi) is 5.92. The first-order valence-electron chi connectivity index (χ1n) is 11.9. The van der Waals surface area contributed by atoms with Crippen molar-refractivity contribution in [2.45, 2.75) is 40.0 Å². The Balaban J connectivity index is 1.55. The van der Waals surface area contributed by atoms with Gasteiger partial charge in [0.05, 0.1) is 0 Å². The molecule has 1 fully saturated rings. The van der Waals surface area contributed by atoms with Crippen LogP contribution in [-0.2, 0) is 11.2 Å². The fourth-order valence-electron chi connectivity index (χ4n) is 4.58. The lowest BCUT2D eigenvalue weighted by Crippen LogP contribution is -2.21. The molecular formula is C27H30N6O. The Hall–Kier alpha value is -3.87. The first-order valence-corrected chi connectivity index (χ1v) is 11.9. The minimum absolute atomic E-state index is 0.0993. The first-order chi connectivity index (χ1) is 16.5. The molecule has 174 valence electrons. The van der Waals surface area contributed by atoms with Crippen molar-refractivity contribution in [3.8, 4) is 11.1 Å². The van der Waals surface area contributed by atoms with Crippen LogP contribution in [0.15, 0.2) is 48.7 Å². The number of amides is 1. The molecule has 0 saturated carbocycles. The maximum Gasteiger partial charge on any atom is 0.227 e. The van der Waals surface area contributed by atoms with E-state index in [9.17, 15) is 4.79 Å². The van der Waals surface area contributed by atoms with Crippen molar-refractivity contribution in [1.29, 1.82) is 0 Å². The van der Waals surface area contributed by atoms with Crippen molar-refractivity contribution < 1.29 is 4.79 Å². The molecule has 0 unspecified atom stereocenters. The number of nitrogens with one attached hydrogen (secondary N) is 3. The van der Waals surface area contributed by atoms with Crippen molar-refractivity contribution in [2.75, 3.05) is 28.6 Å². The van der Waals surface area contributed by atoms with Crippen molar-refractivity contribution in [3.05, 3.63) is 59.9 Å². The number of anilines is 4. The predicted molar refractivity (Wildman–Crippen MR) is 139 cm³/mol. The Bertz CT molecular complexity index is 1350. The van der Waals surface area contributed by atoms with Crippen LogP contribution >= 0.6 is 0 Å². The highest BCUT2D eigenvalue weighted by Gasteiger charge is 2.17. The number of aromatic nitrogens is 3. The van der Waals surface area contributed by atoms with Gasteiger partial charge in [-0.3, -0.25) is 4.79 Å². The van der Waals surface area contributed by atoms with Crippen molar-refractivity contribution in [1.82, 2.24) is 15.0 Å². The Morgan fingerprint density at radius 2 is 1.88 bits per heavy atom. The van der Waals surface area contributed by atoms with Gasteiger partial charge in [0.2, 0.25) is 11.9 Å². The molecule has 3 N–H and O–H groups in total. The van der Waals surface area contributed by atoms with Crippen molar-refractivity contribution in [3.63, 3.8) is 0 Å². The summed E-state index contributed by atoms with van der Waals surface area (Å²) in [7, 11) is 0. The number of nitrogens with zero attached hydrogens (tertiary/aromatic N) is 3. The maximum absolute atomic E-state index is 11.9. The number of H-pyrrole nitrogens is 1. The lowest BCUT2D eigenvalue weighted by Gasteiger charge is -2.17. The normalized spacial score (nSPS) is 13.4. The van der Waals surface area contributed by atoms with Crippen molar-refractivity contribution in [2.24, 2.45) is 0 Å². The van der Waals surface area contributed by atoms with Crippen LogP contribution in [0, 0.1) is 6.92 Å². The highest BCUT2D eigenvalue weighted by molar-refractivity contribution is 6.03. The van der Waals surface area contributed by atoms with Gasteiger partial charge in [-0.25, -0.2) is 4.98 Å². The van der Waals surface area contributed by atoms with Crippen LogP contribution in [0.2, 0.25) is 0 Å². The standard InChI is InChI=1S/C27H30N6O/c1-4-19-7-9-24-21(14-19)23(16-28-24)22-15-20(8-10-25(22)30-18(3)34)31-26-13-17(2)29-27(32-26)33-11-5-6-12-33/h7-10,13-16,28H,4-6,11-12H2,1-3H3,(H,30,34)(H,29,31,32). The van der Waals surface area contributed by atoms with Gasteiger partial charge in [-0.2, -0.15) is 4.98 Å². The predicted octanol–water partition coefficient (Wildman–Crippen LogP) is 5.80. The number of carbonyl (C=O) groups excluding carboxylic acids is 1. The molecule has 4 aromatic rings. The molecule has 3 heterocycles. The molecule has 7 heteroatoms. The number of rotatable bonds is 6. The Morgan fingerprint density at radius 3 is 2.65 bits per heavy atom. The fraction of sp³-hybridized carbons (Fsp3) is 0.296. The molecule has 5 rings (SSSR count). The molecule has 34 heavy (non-hydrogen) atoms. The summed E-state index contributed by atoms with van der Waals surface area (Å²) in [5, 5.41) is 7.59.